The van der Waals surface area contributed by atoms with Gasteiger partial charge >= 0.3 is 0 Å². The summed E-state index contributed by atoms with van der Waals surface area (Å²) in [5, 5.41) is 6.60. The molecule has 0 aliphatic carbocycles. The molecular weight excluding hydrogens is 362 g/mol. The quantitative estimate of drug-likeness (QED) is 0.824. The van der Waals surface area contributed by atoms with Crippen LogP contribution in [0.3, 0.4) is 0 Å². The lowest BCUT2D eigenvalue weighted by molar-refractivity contribution is -0.144. The van der Waals surface area contributed by atoms with E-state index in [-0.39, 0.29) is 29.8 Å². The highest BCUT2D eigenvalue weighted by molar-refractivity contribution is 5.85. The van der Waals surface area contributed by atoms with Crippen LogP contribution >= 0.6 is 0 Å². The third-order valence-electron chi connectivity index (χ3n) is 6.02. The summed E-state index contributed by atoms with van der Waals surface area (Å²) in [5.74, 6) is -0.0510. The Morgan fingerprint density at radius 2 is 1.76 bits per heavy atom. The van der Waals surface area contributed by atoms with Crippen molar-refractivity contribution in [2.75, 3.05) is 13.1 Å². The van der Waals surface area contributed by atoms with Crippen molar-refractivity contribution in [2.24, 2.45) is 5.92 Å². The monoisotopic (exact) mass is 391 g/mol. The number of likely N-dealkylation sites (tertiary alicyclic amines) is 1. The van der Waals surface area contributed by atoms with E-state index in [0.717, 1.165) is 37.1 Å². The van der Waals surface area contributed by atoms with Crippen LogP contribution in [0.15, 0.2) is 60.7 Å². The van der Waals surface area contributed by atoms with E-state index in [1.807, 2.05) is 65.6 Å². The molecule has 2 aliphatic heterocycles. The Morgan fingerprint density at radius 1 is 1.03 bits per heavy atom. The predicted molar refractivity (Wildman–Crippen MR) is 113 cm³/mol. The van der Waals surface area contributed by atoms with Gasteiger partial charge in [0.05, 0.1) is 12.0 Å². The Kier molecular flexibility index (Phi) is 6.25. The number of carbonyl (C=O) groups is 2. The van der Waals surface area contributed by atoms with Crippen LogP contribution in [0.2, 0.25) is 0 Å². The first-order valence-electron chi connectivity index (χ1n) is 10.6. The summed E-state index contributed by atoms with van der Waals surface area (Å²) in [7, 11) is 0. The summed E-state index contributed by atoms with van der Waals surface area (Å²) in [6.07, 6.45) is 3.09. The second-order valence-corrected chi connectivity index (χ2v) is 8.06. The van der Waals surface area contributed by atoms with Gasteiger partial charge in [0.25, 0.3) is 0 Å². The Hall–Kier alpha value is -2.66. The van der Waals surface area contributed by atoms with Crippen molar-refractivity contribution in [3.8, 4) is 0 Å². The second-order valence-electron chi connectivity index (χ2n) is 8.06. The van der Waals surface area contributed by atoms with Gasteiger partial charge in [0, 0.05) is 25.6 Å². The first-order chi connectivity index (χ1) is 14.2. The molecule has 0 radical (unpaired) electrons. The first kappa shape index (κ1) is 19.6. The molecule has 29 heavy (non-hydrogen) atoms. The van der Waals surface area contributed by atoms with E-state index >= 15 is 0 Å². The third-order valence-corrected chi connectivity index (χ3v) is 6.02. The number of carbonyl (C=O) groups excluding carboxylic acids is 2. The number of amides is 2. The van der Waals surface area contributed by atoms with Crippen LogP contribution in [0.4, 0.5) is 0 Å². The van der Waals surface area contributed by atoms with Gasteiger partial charge in [0.1, 0.15) is 0 Å². The molecule has 4 rings (SSSR count). The van der Waals surface area contributed by atoms with Crippen LogP contribution in [-0.4, -0.2) is 35.8 Å². The van der Waals surface area contributed by atoms with Gasteiger partial charge < -0.3 is 15.5 Å². The minimum atomic E-state index is -0.241. The topological polar surface area (TPSA) is 61.4 Å². The van der Waals surface area contributed by atoms with E-state index in [9.17, 15) is 9.59 Å². The van der Waals surface area contributed by atoms with E-state index in [2.05, 4.69) is 10.6 Å². The molecule has 2 amide bonds. The fraction of sp³-hybridized carbons (Fsp3) is 0.417. The summed E-state index contributed by atoms with van der Waals surface area (Å²) in [6, 6.07) is 19.9. The lowest BCUT2D eigenvalue weighted by Gasteiger charge is -2.41. The van der Waals surface area contributed by atoms with Crippen LogP contribution in [-0.2, 0) is 16.1 Å². The van der Waals surface area contributed by atoms with Crippen molar-refractivity contribution in [3.05, 3.63) is 71.8 Å². The molecule has 0 spiro atoms. The van der Waals surface area contributed by atoms with Crippen LogP contribution in [0.25, 0.3) is 0 Å². The summed E-state index contributed by atoms with van der Waals surface area (Å²) in [6.45, 7) is 2.36. The van der Waals surface area contributed by atoms with Crippen molar-refractivity contribution in [1.82, 2.24) is 15.5 Å². The number of benzene rings is 2. The SMILES string of the molecule is O=C(N[C@H]1CCCNC1)C1CCC(=O)N(Cc2ccccc2)C1c1ccccc1. The number of hydrogen-bond acceptors (Lipinski definition) is 3. The van der Waals surface area contributed by atoms with E-state index in [0.29, 0.717) is 19.4 Å². The van der Waals surface area contributed by atoms with Gasteiger partial charge in [-0.15, -0.1) is 0 Å². The van der Waals surface area contributed by atoms with Crippen molar-refractivity contribution < 1.29 is 9.59 Å². The lowest BCUT2D eigenvalue weighted by Crippen LogP contribution is -2.52. The zero-order valence-corrected chi connectivity index (χ0v) is 16.7. The molecule has 2 aromatic carbocycles. The predicted octanol–water partition coefficient (Wildman–Crippen LogP) is 3.03. The van der Waals surface area contributed by atoms with Gasteiger partial charge in [-0.2, -0.15) is 0 Å². The molecule has 5 heteroatoms. The largest absolute Gasteiger partial charge is 0.352 e. The molecule has 0 aromatic heterocycles. The maximum absolute atomic E-state index is 13.3. The summed E-state index contributed by atoms with van der Waals surface area (Å²) >= 11 is 0. The first-order valence-corrected chi connectivity index (χ1v) is 10.6. The molecule has 3 atom stereocenters. The molecule has 2 N–H and O–H groups in total. The fourth-order valence-electron chi connectivity index (χ4n) is 4.54. The minimum Gasteiger partial charge on any atom is -0.352 e. The number of nitrogens with zero attached hydrogens (tertiary/aromatic N) is 1. The fourth-order valence-corrected chi connectivity index (χ4v) is 4.54. The number of hydrogen-bond donors (Lipinski definition) is 2. The van der Waals surface area contributed by atoms with Crippen LogP contribution in [0.1, 0.15) is 42.9 Å². The average Bonchev–Trinajstić information content (AvgIpc) is 2.77. The van der Waals surface area contributed by atoms with Gasteiger partial charge in [0.15, 0.2) is 0 Å². The molecule has 152 valence electrons. The van der Waals surface area contributed by atoms with Crippen LogP contribution in [0.5, 0.6) is 0 Å². The summed E-state index contributed by atoms with van der Waals surface area (Å²) < 4.78 is 0. The molecule has 0 bridgehead atoms. The van der Waals surface area contributed by atoms with Gasteiger partial charge in [-0.3, -0.25) is 9.59 Å². The van der Waals surface area contributed by atoms with E-state index in [1.54, 1.807) is 0 Å². The van der Waals surface area contributed by atoms with Crippen molar-refractivity contribution >= 4 is 11.8 Å². The molecule has 2 heterocycles. The highest BCUT2D eigenvalue weighted by atomic mass is 16.2. The smallest absolute Gasteiger partial charge is 0.225 e. The molecular formula is C24H29N3O2. The second kappa shape index (κ2) is 9.23. The average molecular weight is 392 g/mol. The number of rotatable bonds is 5. The highest BCUT2D eigenvalue weighted by Crippen LogP contribution is 2.38. The Bertz CT molecular complexity index is 819. The van der Waals surface area contributed by atoms with Gasteiger partial charge in [-0.1, -0.05) is 60.7 Å². The zero-order valence-electron chi connectivity index (χ0n) is 16.7. The number of piperidine rings is 2. The maximum Gasteiger partial charge on any atom is 0.225 e. The normalized spacial score (nSPS) is 24.9. The van der Waals surface area contributed by atoms with Crippen LogP contribution < -0.4 is 10.6 Å². The standard InChI is InChI=1S/C24H29N3O2/c28-22-14-13-21(24(29)26-20-12-7-15-25-16-20)23(19-10-5-2-6-11-19)27(22)17-18-8-3-1-4-9-18/h1-6,8-11,20-21,23,25H,7,12-17H2,(H,26,29)/t20-,21?,23?/m0/s1. The molecule has 2 saturated heterocycles. The summed E-state index contributed by atoms with van der Waals surface area (Å²) in [4.78, 5) is 28.1. The molecule has 2 unspecified atom stereocenters. The maximum atomic E-state index is 13.3. The zero-order chi connectivity index (χ0) is 20.1. The Morgan fingerprint density at radius 3 is 2.45 bits per heavy atom. The minimum absolute atomic E-state index is 0.0677. The van der Waals surface area contributed by atoms with Crippen molar-refractivity contribution in [3.63, 3.8) is 0 Å². The molecule has 0 saturated carbocycles. The Labute approximate surface area is 172 Å². The molecule has 2 aromatic rings. The van der Waals surface area contributed by atoms with Gasteiger partial charge in [-0.25, -0.2) is 0 Å². The summed E-state index contributed by atoms with van der Waals surface area (Å²) in [5.41, 5.74) is 2.11. The van der Waals surface area contributed by atoms with E-state index in [1.165, 1.54) is 0 Å². The third kappa shape index (κ3) is 4.67. The Balaban J connectivity index is 1.60. The molecule has 2 fully saturated rings. The van der Waals surface area contributed by atoms with Gasteiger partial charge in [0.2, 0.25) is 11.8 Å². The highest BCUT2D eigenvalue weighted by Gasteiger charge is 2.41. The van der Waals surface area contributed by atoms with E-state index < -0.39 is 0 Å². The van der Waals surface area contributed by atoms with E-state index in [4.69, 9.17) is 0 Å². The molecule has 2 aliphatic rings. The lowest BCUT2D eigenvalue weighted by atomic mass is 9.83. The van der Waals surface area contributed by atoms with Crippen molar-refractivity contribution in [1.29, 1.82) is 0 Å². The van der Waals surface area contributed by atoms with Crippen LogP contribution in [0, 0.1) is 5.92 Å². The molecule has 5 nitrogen and oxygen atoms in total. The van der Waals surface area contributed by atoms with Crippen molar-refractivity contribution in [2.45, 2.75) is 44.3 Å². The number of nitrogens with one attached hydrogen (secondary N) is 2. The van der Waals surface area contributed by atoms with Gasteiger partial charge in [-0.05, 0) is 36.9 Å².